The Morgan fingerprint density at radius 1 is 1.04 bits per heavy atom. The summed E-state index contributed by atoms with van der Waals surface area (Å²) in [6.07, 6.45) is -3.10. The molecule has 2 aromatic rings. The third-order valence-corrected chi connectivity index (χ3v) is 3.57. The van der Waals surface area contributed by atoms with Crippen LogP contribution in [0.3, 0.4) is 0 Å². The Balaban J connectivity index is 2.49. The second kappa shape index (κ2) is 7.79. The normalized spacial score (nSPS) is 11.9. The molecule has 0 heterocycles. The van der Waals surface area contributed by atoms with Crippen LogP contribution in [0.25, 0.3) is 5.57 Å². The lowest BCUT2D eigenvalue weighted by Crippen LogP contribution is -2.26. The van der Waals surface area contributed by atoms with Crippen molar-refractivity contribution in [2.45, 2.75) is 13.1 Å². The molecular weight excluding hydrogens is 331 g/mol. The summed E-state index contributed by atoms with van der Waals surface area (Å²) in [5.41, 5.74) is 0.789. The Labute approximate surface area is 143 Å². The predicted molar refractivity (Wildman–Crippen MR) is 90.3 cm³/mol. The number of anilines is 1. The number of aldehydes is 1. The van der Waals surface area contributed by atoms with Crippen molar-refractivity contribution < 1.29 is 22.8 Å². The van der Waals surface area contributed by atoms with Crippen LogP contribution < -0.4 is 4.90 Å². The zero-order valence-electron chi connectivity index (χ0n) is 13.5. The van der Waals surface area contributed by atoms with Crippen LogP contribution in [-0.2, 0) is 4.79 Å². The van der Waals surface area contributed by atoms with Crippen LogP contribution in [0.4, 0.5) is 18.9 Å². The topological polar surface area (TPSA) is 37.4 Å². The maximum Gasteiger partial charge on any atom is 0.454 e. The van der Waals surface area contributed by atoms with Gasteiger partial charge < -0.3 is 4.90 Å². The number of halogens is 3. The molecule has 0 fully saturated rings. The second-order valence-corrected chi connectivity index (χ2v) is 5.23. The first-order valence-electron chi connectivity index (χ1n) is 7.57. The zero-order chi connectivity index (χ0) is 18.4. The SMILES string of the molecule is CCN(/C=C(\C(=O)C(F)(F)F)c1ccccc1)c1ccc(C=O)cc1. The van der Waals surface area contributed by atoms with Crippen LogP contribution >= 0.6 is 0 Å². The average Bonchev–Trinajstić information content (AvgIpc) is 2.62. The number of ketones is 1. The number of alkyl halides is 3. The van der Waals surface area contributed by atoms with Crippen LogP contribution in [0.15, 0.2) is 60.8 Å². The molecule has 6 heteroatoms. The van der Waals surface area contributed by atoms with E-state index < -0.39 is 17.5 Å². The number of nitrogens with zero attached hydrogens (tertiary/aromatic N) is 1. The van der Waals surface area contributed by atoms with Gasteiger partial charge in [-0.1, -0.05) is 30.3 Å². The summed E-state index contributed by atoms with van der Waals surface area (Å²) in [5, 5.41) is 0. The highest BCUT2D eigenvalue weighted by Crippen LogP contribution is 2.28. The molecule has 2 rings (SSSR count). The Morgan fingerprint density at radius 2 is 1.64 bits per heavy atom. The highest BCUT2D eigenvalue weighted by molar-refractivity contribution is 6.23. The maximum absolute atomic E-state index is 13.0. The number of benzene rings is 2. The van der Waals surface area contributed by atoms with Gasteiger partial charge in [0.05, 0.1) is 5.57 Å². The molecule has 0 N–H and O–H groups in total. The van der Waals surface area contributed by atoms with Crippen molar-refractivity contribution in [1.82, 2.24) is 0 Å². The number of carbonyl (C=O) groups excluding carboxylic acids is 2. The van der Waals surface area contributed by atoms with E-state index in [4.69, 9.17) is 0 Å². The fraction of sp³-hybridized carbons (Fsp3) is 0.158. The summed E-state index contributed by atoms with van der Waals surface area (Å²) in [7, 11) is 0. The predicted octanol–water partition coefficient (Wildman–Crippen LogP) is 4.50. The summed E-state index contributed by atoms with van der Waals surface area (Å²) < 4.78 is 39.0. The standard InChI is InChI=1S/C19H16F3NO2/c1-2-23(16-10-8-14(13-24)9-11-16)12-17(18(25)19(20,21)22)15-6-4-3-5-7-15/h3-13H,2H2,1H3/b17-12-. The van der Waals surface area contributed by atoms with Crippen molar-refractivity contribution in [2.75, 3.05) is 11.4 Å². The minimum absolute atomic E-state index is 0.188. The van der Waals surface area contributed by atoms with E-state index in [0.717, 1.165) is 0 Å². The van der Waals surface area contributed by atoms with Gasteiger partial charge in [-0.25, -0.2) is 0 Å². The van der Waals surface area contributed by atoms with E-state index in [2.05, 4.69) is 0 Å². The van der Waals surface area contributed by atoms with Crippen LogP contribution in [-0.4, -0.2) is 24.8 Å². The molecule has 0 spiro atoms. The Hall–Kier alpha value is -2.89. The van der Waals surface area contributed by atoms with E-state index in [-0.39, 0.29) is 5.56 Å². The summed E-state index contributed by atoms with van der Waals surface area (Å²) >= 11 is 0. The highest BCUT2D eigenvalue weighted by Gasteiger charge is 2.41. The third-order valence-electron chi connectivity index (χ3n) is 3.57. The van der Waals surface area contributed by atoms with Crippen molar-refractivity contribution in [2.24, 2.45) is 0 Å². The first-order chi connectivity index (χ1) is 11.9. The average molecular weight is 347 g/mol. The highest BCUT2D eigenvalue weighted by atomic mass is 19.4. The number of carbonyl (C=O) groups is 2. The maximum atomic E-state index is 13.0. The van der Waals surface area contributed by atoms with Gasteiger partial charge in [0.15, 0.2) is 0 Å². The Bertz CT molecular complexity index is 766. The lowest BCUT2D eigenvalue weighted by molar-refractivity contribution is -0.164. The molecule has 0 aliphatic carbocycles. The largest absolute Gasteiger partial charge is 0.454 e. The van der Waals surface area contributed by atoms with Gasteiger partial charge in [-0.2, -0.15) is 13.2 Å². The molecule has 0 amide bonds. The van der Waals surface area contributed by atoms with E-state index in [9.17, 15) is 22.8 Å². The van der Waals surface area contributed by atoms with Gasteiger partial charge in [0.1, 0.15) is 6.29 Å². The van der Waals surface area contributed by atoms with Gasteiger partial charge in [-0.15, -0.1) is 0 Å². The first kappa shape index (κ1) is 18.4. The molecule has 0 saturated carbocycles. The number of Topliss-reactive ketones (excluding diaryl/α,β-unsaturated/α-hetero) is 1. The molecule has 2 aromatic carbocycles. The quantitative estimate of drug-likeness (QED) is 0.570. The number of hydrogen-bond donors (Lipinski definition) is 0. The molecule has 130 valence electrons. The van der Waals surface area contributed by atoms with Gasteiger partial charge in [0.25, 0.3) is 5.78 Å². The van der Waals surface area contributed by atoms with Gasteiger partial charge in [-0.05, 0) is 36.8 Å². The fourth-order valence-corrected chi connectivity index (χ4v) is 2.28. The molecular formula is C19H16F3NO2. The molecule has 0 aliphatic rings. The molecule has 0 unspecified atom stereocenters. The summed E-state index contributed by atoms with van der Waals surface area (Å²) in [6.45, 7) is 2.10. The summed E-state index contributed by atoms with van der Waals surface area (Å²) in [6, 6.07) is 14.1. The van der Waals surface area contributed by atoms with Gasteiger partial charge in [-0.3, -0.25) is 9.59 Å². The van der Waals surface area contributed by atoms with E-state index in [0.29, 0.717) is 24.1 Å². The molecule has 0 atom stereocenters. The molecule has 0 aliphatic heterocycles. The number of hydrogen-bond acceptors (Lipinski definition) is 3. The molecule has 3 nitrogen and oxygen atoms in total. The molecule has 0 aromatic heterocycles. The van der Waals surface area contributed by atoms with E-state index in [1.54, 1.807) is 49.4 Å². The van der Waals surface area contributed by atoms with Crippen LogP contribution in [0, 0.1) is 0 Å². The van der Waals surface area contributed by atoms with E-state index in [1.807, 2.05) is 0 Å². The molecule has 0 bridgehead atoms. The lowest BCUT2D eigenvalue weighted by Gasteiger charge is -2.21. The summed E-state index contributed by atoms with van der Waals surface area (Å²) in [5.74, 6) is -1.90. The van der Waals surface area contributed by atoms with Gasteiger partial charge >= 0.3 is 6.18 Å². The Morgan fingerprint density at radius 3 is 2.12 bits per heavy atom. The number of allylic oxidation sites excluding steroid dienone is 1. The van der Waals surface area contributed by atoms with Crippen molar-refractivity contribution in [3.05, 3.63) is 71.9 Å². The second-order valence-electron chi connectivity index (χ2n) is 5.23. The van der Waals surface area contributed by atoms with Crippen molar-refractivity contribution in [3.63, 3.8) is 0 Å². The van der Waals surface area contributed by atoms with Crippen molar-refractivity contribution in [1.29, 1.82) is 0 Å². The Kier molecular flexibility index (Phi) is 5.75. The van der Waals surface area contributed by atoms with Gasteiger partial charge in [0, 0.05) is 24.0 Å². The zero-order valence-corrected chi connectivity index (χ0v) is 13.5. The molecule has 0 radical (unpaired) electrons. The smallest absolute Gasteiger partial charge is 0.348 e. The van der Waals surface area contributed by atoms with E-state index >= 15 is 0 Å². The third kappa shape index (κ3) is 4.56. The summed E-state index contributed by atoms with van der Waals surface area (Å²) in [4.78, 5) is 24.1. The minimum atomic E-state index is -4.97. The van der Waals surface area contributed by atoms with Crippen LogP contribution in [0.1, 0.15) is 22.8 Å². The minimum Gasteiger partial charge on any atom is -0.348 e. The van der Waals surface area contributed by atoms with Crippen LogP contribution in [0.2, 0.25) is 0 Å². The van der Waals surface area contributed by atoms with E-state index in [1.165, 1.54) is 23.2 Å². The lowest BCUT2D eigenvalue weighted by atomic mass is 10.0. The fourth-order valence-electron chi connectivity index (χ4n) is 2.28. The molecule has 25 heavy (non-hydrogen) atoms. The first-order valence-corrected chi connectivity index (χ1v) is 7.57. The molecule has 0 saturated heterocycles. The van der Waals surface area contributed by atoms with Crippen LogP contribution in [0.5, 0.6) is 0 Å². The number of rotatable bonds is 6. The van der Waals surface area contributed by atoms with Crippen molar-refractivity contribution >= 4 is 23.3 Å². The van der Waals surface area contributed by atoms with Crippen molar-refractivity contribution in [3.8, 4) is 0 Å². The monoisotopic (exact) mass is 347 g/mol. The van der Waals surface area contributed by atoms with Gasteiger partial charge in [0.2, 0.25) is 0 Å².